The molecular weight excluding hydrogens is 430 g/mol. The molecule has 1 N–H and O–H groups in total. The third kappa shape index (κ3) is 4.26. The number of fused-ring (bicyclic) bond motifs is 1. The van der Waals surface area contributed by atoms with E-state index in [9.17, 15) is 20.0 Å². The van der Waals surface area contributed by atoms with Crippen LogP contribution in [0.25, 0.3) is 17.0 Å². The molecule has 4 rings (SSSR count). The average Bonchev–Trinajstić information content (AvgIpc) is 3.41. The molecule has 3 aromatic heterocycles. The molecule has 0 radical (unpaired) electrons. The number of nitrogens with one attached hydrogen (secondary N) is 1. The molecule has 12 heteroatoms. The van der Waals surface area contributed by atoms with Gasteiger partial charge in [-0.15, -0.1) is 4.68 Å². The van der Waals surface area contributed by atoms with Crippen LogP contribution >= 0.6 is 0 Å². The number of hydrogen-bond acceptors (Lipinski definition) is 8. The van der Waals surface area contributed by atoms with Crippen molar-refractivity contribution in [3.63, 3.8) is 0 Å². The maximum absolute atomic E-state index is 12.7. The molecule has 0 saturated carbocycles. The second-order valence-electron chi connectivity index (χ2n) is 7.07. The van der Waals surface area contributed by atoms with E-state index in [4.69, 9.17) is 4.42 Å². The van der Waals surface area contributed by atoms with Gasteiger partial charge >= 0.3 is 5.65 Å². The number of benzene rings is 1. The number of carbonyl (C=O) groups excluding carboxylic acids is 1. The number of carbonyl (C=O) groups is 1. The molecule has 0 aliphatic rings. The van der Waals surface area contributed by atoms with Gasteiger partial charge in [0, 0.05) is 6.07 Å². The van der Waals surface area contributed by atoms with Gasteiger partial charge in [-0.05, 0) is 48.0 Å². The topological polar surface area (TPSA) is 155 Å². The summed E-state index contributed by atoms with van der Waals surface area (Å²) in [4.78, 5) is 23.0. The van der Waals surface area contributed by atoms with Crippen molar-refractivity contribution in [1.82, 2.24) is 20.1 Å². The van der Waals surface area contributed by atoms with Gasteiger partial charge in [0.05, 0.1) is 22.4 Å². The lowest BCUT2D eigenvalue weighted by molar-refractivity contribution is -0.717. The van der Waals surface area contributed by atoms with Crippen molar-refractivity contribution in [2.24, 2.45) is 5.10 Å². The Morgan fingerprint density at radius 1 is 1.33 bits per heavy atom. The second-order valence-corrected chi connectivity index (χ2v) is 7.07. The number of hydrogen-bond donors (Lipinski definition) is 1. The first-order valence-electron chi connectivity index (χ1n) is 9.98. The smallest absolute Gasteiger partial charge is 0.322 e. The van der Waals surface area contributed by atoms with E-state index in [2.05, 4.69) is 20.7 Å². The van der Waals surface area contributed by atoms with Crippen molar-refractivity contribution < 1.29 is 23.9 Å². The van der Waals surface area contributed by atoms with E-state index < -0.39 is 10.8 Å². The minimum absolute atomic E-state index is 0.0818. The molecule has 33 heavy (non-hydrogen) atoms. The average molecular weight is 449 g/mol. The summed E-state index contributed by atoms with van der Waals surface area (Å²) in [7, 11) is 0. The molecule has 0 aliphatic heterocycles. The highest BCUT2D eigenvalue weighted by atomic mass is 16.6. The van der Waals surface area contributed by atoms with Gasteiger partial charge in [0.25, 0.3) is 17.9 Å². The highest BCUT2D eigenvalue weighted by Crippen LogP contribution is 2.30. The first-order valence-corrected chi connectivity index (χ1v) is 9.98. The van der Waals surface area contributed by atoms with E-state index in [1.165, 1.54) is 27.8 Å². The predicted octanol–water partition coefficient (Wildman–Crippen LogP) is 1.28. The summed E-state index contributed by atoms with van der Waals surface area (Å²) in [5, 5.41) is 36.1. The first-order chi connectivity index (χ1) is 15.9. The Kier molecular flexibility index (Phi) is 5.81. The summed E-state index contributed by atoms with van der Waals surface area (Å²) >= 11 is 0. The number of furan rings is 1. The molecule has 3 heterocycles. The van der Waals surface area contributed by atoms with Crippen molar-refractivity contribution in [3.8, 4) is 17.1 Å². The molecular formula is C21H19N7O5. The van der Waals surface area contributed by atoms with Crippen LogP contribution in [-0.4, -0.2) is 31.8 Å². The molecule has 4 aromatic rings. The zero-order valence-corrected chi connectivity index (χ0v) is 17.8. The predicted molar refractivity (Wildman–Crippen MR) is 113 cm³/mol. The minimum atomic E-state index is -0.514. The quantitative estimate of drug-likeness (QED) is 0.193. The van der Waals surface area contributed by atoms with Crippen molar-refractivity contribution in [1.29, 1.82) is 0 Å². The van der Waals surface area contributed by atoms with Crippen molar-refractivity contribution >= 4 is 23.5 Å². The summed E-state index contributed by atoms with van der Waals surface area (Å²) < 4.78 is 8.19. The Bertz CT molecular complexity index is 1390. The number of aryl methyl sites for hydroxylation is 1. The highest BCUT2D eigenvalue weighted by molar-refractivity contribution is 5.81. The molecule has 12 nitrogen and oxygen atoms in total. The second kappa shape index (κ2) is 8.86. The summed E-state index contributed by atoms with van der Waals surface area (Å²) in [6, 6.07) is 9.36. The fourth-order valence-corrected chi connectivity index (χ4v) is 3.43. The minimum Gasteiger partial charge on any atom is -0.867 e. The van der Waals surface area contributed by atoms with Crippen LogP contribution in [-0.2, 0) is 17.8 Å². The molecule has 1 amide bonds. The summed E-state index contributed by atoms with van der Waals surface area (Å²) in [5.74, 6) is -0.150. The van der Waals surface area contributed by atoms with Crippen LogP contribution in [0.15, 0.2) is 52.2 Å². The zero-order chi connectivity index (χ0) is 23.5. The van der Waals surface area contributed by atoms with Crippen LogP contribution in [0.1, 0.15) is 23.9 Å². The Labute approximate surface area is 186 Å². The number of para-hydroxylation sites is 1. The number of rotatable bonds is 7. The lowest BCUT2D eigenvalue weighted by Gasteiger charge is -2.11. The van der Waals surface area contributed by atoms with E-state index in [1.54, 1.807) is 37.3 Å². The Hall–Kier alpha value is -4.61. The fraction of sp³-hybridized carbons (Fsp3) is 0.190. The molecule has 0 spiro atoms. The van der Waals surface area contributed by atoms with Gasteiger partial charge < -0.3 is 9.52 Å². The normalized spacial score (nSPS) is 11.3. The van der Waals surface area contributed by atoms with Gasteiger partial charge in [0.1, 0.15) is 11.5 Å². The van der Waals surface area contributed by atoms with E-state index >= 15 is 0 Å². The summed E-state index contributed by atoms with van der Waals surface area (Å²) in [6.45, 7) is 3.37. The number of nitrogens with zero attached hydrogens (tertiary/aromatic N) is 6. The van der Waals surface area contributed by atoms with Gasteiger partial charge in [-0.3, -0.25) is 14.9 Å². The van der Waals surface area contributed by atoms with E-state index in [-0.39, 0.29) is 29.4 Å². The number of hydrazone groups is 1. The molecule has 0 aliphatic carbocycles. The SMILES string of the molecule is CCc1c(C)nn2cn[n+](CC(=O)NN=Cc3ccc(-c4ccccc4[N+](=O)[O-])o3)c2c1[O-]. The maximum atomic E-state index is 12.7. The number of nitro benzene ring substituents is 1. The van der Waals surface area contributed by atoms with E-state index in [0.29, 0.717) is 29.0 Å². The van der Waals surface area contributed by atoms with Crippen LogP contribution < -0.4 is 15.2 Å². The van der Waals surface area contributed by atoms with Crippen molar-refractivity contribution in [3.05, 3.63) is 69.9 Å². The van der Waals surface area contributed by atoms with Crippen LogP contribution in [0.4, 0.5) is 5.69 Å². The first kappa shape index (κ1) is 21.6. The molecule has 168 valence electrons. The fourth-order valence-electron chi connectivity index (χ4n) is 3.43. The molecule has 0 fully saturated rings. The van der Waals surface area contributed by atoms with Gasteiger partial charge in [-0.25, -0.2) is 5.43 Å². The van der Waals surface area contributed by atoms with Crippen molar-refractivity contribution in [2.45, 2.75) is 26.8 Å². The number of aromatic nitrogens is 4. The van der Waals surface area contributed by atoms with Gasteiger partial charge in [-0.1, -0.05) is 28.7 Å². The number of amides is 1. The van der Waals surface area contributed by atoms with Gasteiger partial charge in [-0.2, -0.15) is 5.10 Å². The third-order valence-electron chi connectivity index (χ3n) is 4.95. The molecule has 0 atom stereocenters. The monoisotopic (exact) mass is 449 g/mol. The largest absolute Gasteiger partial charge is 0.867 e. The Morgan fingerprint density at radius 2 is 2.12 bits per heavy atom. The lowest BCUT2D eigenvalue weighted by atomic mass is 10.1. The third-order valence-corrected chi connectivity index (χ3v) is 4.95. The molecule has 1 aromatic carbocycles. The van der Waals surface area contributed by atoms with Crippen LogP contribution in [0.5, 0.6) is 5.75 Å². The standard InChI is InChI=1S/C21H19N7O5/c1-3-15-13(2)25-27-12-23-26(21(27)20(15)30)11-19(29)24-22-10-14-8-9-18(33-14)16-6-4-5-7-17(16)28(31)32/h4-10,12H,3,11H2,1-2H3,(H-,24,25,29,30). The lowest BCUT2D eigenvalue weighted by Crippen LogP contribution is -2.44. The van der Waals surface area contributed by atoms with Crippen LogP contribution in [0.3, 0.4) is 0 Å². The van der Waals surface area contributed by atoms with E-state index in [0.717, 1.165) is 0 Å². The van der Waals surface area contributed by atoms with E-state index in [1.807, 2.05) is 6.92 Å². The van der Waals surface area contributed by atoms with Gasteiger partial charge in [0.2, 0.25) is 0 Å². The number of nitro groups is 1. The Morgan fingerprint density at radius 3 is 2.88 bits per heavy atom. The molecule has 0 saturated heterocycles. The highest BCUT2D eigenvalue weighted by Gasteiger charge is 2.20. The molecule has 0 unspecified atom stereocenters. The van der Waals surface area contributed by atoms with Crippen LogP contribution in [0.2, 0.25) is 0 Å². The summed E-state index contributed by atoms with van der Waals surface area (Å²) in [5.41, 5.74) is 3.97. The summed E-state index contributed by atoms with van der Waals surface area (Å²) in [6.07, 6.45) is 3.16. The maximum Gasteiger partial charge on any atom is 0.322 e. The Balaban J connectivity index is 1.46. The van der Waals surface area contributed by atoms with Gasteiger partial charge in [0.15, 0.2) is 6.54 Å². The van der Waals surface area contributed by atoms with Crippen molar-refractivity contribution in [2.75, 3.05) is 0 Å². The van der Waals surface area contributed by atoms with Crippen LogP contribution in [0, 0.1) is 17.0 Å². The zero-order valence-electron chi connectivity index (χ0n) is 17.8. The molecule has 0 bridgehead atoms.